The number of carboxylic acid groups (broad SMARTS) is 1. The minimum atomic E-state index is -1.03. The lowest BCUT2D eigenvalue weighted by atomic mass is 9.81. The summed E-state index contributed by atoms with van der Waals surface area (Å²) in [6, 6.07) is -1.11. The van der Waals surface area contributed by atoms with E-state index in [0.717, 1.165) is 25.7 Å². The number of hydrogen-bond acceptors (Lipinski definition) is 3. The van der Waals surface area contributed by atoms with Gasteiger partial charge < -0.3 is 33.9 Å². The largest absolute Gasteiger partial charge is 1.00 e. The van der Waals surface area contributed by atoms with Crippen molar-refractivity contribution < 1.29 is 37.6 Å². The molecule has 0 spiro atoms. The van der Waals surface area contributed by atoms with Gasteiger partial charge in [-0.1, -0.05) is 0 Å². The lowest BCUT2D eigenvalue weighted by molar-refractivity contribution is -0.398. The number of nitrogens with one attached hydrogen (secondary N) is 2. The lowest BCUT2D eigenvalue weighted by Gasteiger charge is -2.28. The van der Waals surface area contributed by atoms with Crippen LogP contribution in [0.4, 0.5) is 0 Å². The van der Waals surface area contributed by atoms with E-state index < -0.39 is 12.0 Å². The zero-order valence-electron chi connectivity index (χ0n) is 13.1. The molecule has 0 saturated heterocycles. The molecule has 2 atom stereocenters. The third kappa shape index (κ3) is 6.62. The molecule has 8 heteroatoms. The fraction of sp³-hybridized carbons (Fsp3) is 0.786. The van der Waals surface area contributed by atoms with Gasteiger partial charge in [0.15, 0.2) is 6.04 Å². The van der Waals surface area contributed by atoms with Gasteiger partial charge in [0.1, 0.15) is 6.04 Å². The summed E-state index contributed by atoms with van der Waals surface area (Å²) in [5.41, 5.74) is 3.67. The number of carbonyl (C=O) groups is 3. The smallest absolute Gasteiger partial charge is 0.325 e. The molecule has 7 nitrogen and oxygen atoms in total. The molecule has 6 N–H and O–H groups in total. The van der Waals surface area contributed by atoms with Crippen LogP contribution in [0.2, 0.25) is 0 Å². The Morgan fingerprint density at radius 2 is 1.73 bits per heavy atom. The highest BCUT2D eigenvalue weighted by Crippen LogP contribution is 2.28. The predicted octanol–water partition coefficient (Wildman–Crippen LogP) is -3.87. The first kappa shape index (κ1) is 20.7. The van der Waals surface area contributed by atoms with Gasteiger partial charge in [0.25, 0.3) is 5.91 Å². The van der Waals surface area contributed by atoms with Crippen molar-refractivity contribution in [2.45, 2.75) is 51.6 Å². The lowest BCUT2D eigenvalue weighted by Crippen LogP contribution is -3.00. The Hall–Kier alpha value is -1.34. The van der Waals surface area contributed by atoms with Crippen molar-refractivity contribution in [3.8, 4) is 0 Å². The highest BCUT2D eigenvalue weighted by atomic mass is 35.5. The molecule has 2 amide bonds. The third-order valence-electron chi connectivity index (χ3n) is 3.96. The quantitative estimate of drug-likeness (QED) is 0.396. The maximum absolute atomic E-state index is 11.9. The maximum atomic E-state index is 11.9. The molecule has 0 aliphatic heterocycles. The SMILES string of the molecule is C[C@H](NC(=O)C1CCC(CNC(=O)[C@@H](C)[NH3+])CC1)C(=O)O.[Cl-]. The number of amides is 2. The van der Waals surface area contributed by atoms with Crippen LogP contribution in [0.25, 0.3) is 0 Å². The van der Waals surface area contributed by atoms with Gasteiger partial charge in [-0.3, -0.25) is 14.4 Å². The van der Waals surface area contributed by atoms with E-state index in [1.54, 1.807) is 6.92 Å². The average molecular weight is 336 g/mol. The van der Waals surface area contributed by atoms with Crippen molar-refractivity contribution in [3.05, 3.63) is 0 Å². The number of carbonyl (C=O) groups excluding carboxylic acids is 2. The molecule has 1 aliphatic carbocycles. The molecule has 1 aliphatic rings. The molecule has 0 aromatic heterocycles. The minimum absolute atomic E-state index is 0. The average Bonchev–Trinajstić information content (AvgIpc) is 2.44. The number of rotatable bonds is 6. The maximum Gasteiger partial charge on any atom is 0.325 e. The zero-order valence-corrected chi connectivity index (χ0v) is 13.9. The van der Waals surface area contributed by atoms with Crippen LogP contribution in [-0.2, 0) is 14.4 Å². The Morgan fingerprint density at radius 1 is 1.18 bits per heavy atom. The van der Waals surface area contributed by atoms with Crippen LogP contribution in [0.5, 0.6) is 0 Å². The van der Waals surface area contributed by atoms with Gasteiger partial charge in [0.05, 0.1) is 0 Å². The number of aliphatic carboxylic acids is 1. The second-order valence-electron chi connectivity index (χ2n) is 5.93. The van der Waals surface area contributed by atoms with Crippen LogP contribution in [-0.4, -0.2) is 41.5 Å². The summed E-state index contributed by atoms with van der Waals surface area (Å²) in [5.74, 6) is -0.995. The van der Waals surface area contributed by atoms with E-state index in [9.17, 15) is 14.4 Å². The van der Waals surface area contributed by atoms with E-state index in [1.807, 2.05) is 0 Å². The molecule has 22 heavy (non-hydrogen) atoms. The molecule has 1 fully saturated rings. The summed E-state index contributed by atoms with van der Waals surface area (Å²) < 4.78 is 0. The normalized spacial score (nSPS) is 23.6. The number of hydrogen-bond donors (Lipinski definition) is 4. The molecule has 1 saturated carbocycles. The van der Waals surface area contributed by atoms with E-state index in [1.165, 1.54) is 6.92 Å². The van der Waals surface area contributed by atoms with E-state index >= 15 is 0 Å². The second kappa shape index (κ2) is 9.63. The van der Waals surface area contributed by atoms with Crippen LogP contribution in [0, 0.1) is 11.8 Å². The third-order valence-corrected chi connectivity index (χ3v) is 3.96. The number of halogens is 1. The fourth-order valence-electron chi connectivity index (χ4n) is 2.44. The predicted molar refractivity (Wildman–Crippen MR) is 76.0 cm³/mol. The second-order valence-corrected chi connectivity index (χ2v) is 5.93. The Morgan fingerprint density at radius 3 is 2.18 bits per heavy atom. The summed E-state index contributed by atoms with van der Waals surface area (Å²) in [6.45, 7) is 3.83. The van der Waals surface area contributed by atoms with Gasteiger partial charge in [-0.05, 0) is 45.4 Å². The van der Waals surface area contributed by atoms with Gasteiger partial charge in [0, 0.05) is 12.5 Å². The van der Waals surface area contributed by atoms with E-state index in [4.69, 9.17) is 5.11 Å². The van der Waals surface area contributed by atoms with Gasteiger partial charge in [-0.2, -0.15) is 0 Å². The molecule has 1 rings (SSSR count). The van der Waals surface area contributed by atoms with Crippen LogP contribution < -0.4 is 28.8 Å². The summed E-state index contributed by atoms with van der Waals surface area (Å²) in [5, 5.41) is 14.2. The molecule has 0 unspecified atom stereocenters. The Balaban J connectivity index is 0.00000441. The van der Waals surface area contributed by atoms with Crippen LogP contribution in [0.15, 0.2) is 0 Å². The fourth-order valence-corrected chi connectivity index (χ4v) is 2.44. The summed E-state index contributed by atoms with van der Waals surface area (Å²) >= 11 is 0. The minimum Gasteiger partial charge on any atom is -1.00 e. The molecule has 0 aromatic carbocycles. The molecule has 0 heterocycles. The number of quaternary nitrogens is 1. The van der Waals surface area contributed by atoms with Crippen molar-refractivity contribution in [1.29, 1.82) is 0 Å². The first-order valence-corrected chi connectivity index (χ1v) is 7.45. The van der Waals surface area contributed by atoms with E-state index in [2.05, 4.69) is 16.4 Å². The zero-order chi connectivity index (χ0) is 16.0. The first-order valence-electron chi connectivity index (χ1n) is 7.45. The number of carboxylic acids is 1. The van der Waals surface area contributed by atoms with Crippen molar-refractivity contribution in [1.82, 2.24) is 10.6 Å². The summed E-state index contributed by atoms with van der Waals surface area (Å²) in [7, 11) is 0. The molecular weight excluding hydrogens is 310 g/mol. The van der Waals surface area contributed by atoms with Crippen molar-refractivity contribution in [3.63, 3.8) is 0 Å². The van der Waals surface area contributed by atoms with Gasteiger partial charge in [-0.15, -0.1) is 0 Å². The van der Waals surface area contributed by atoms with E-state index in [0.29, 0.717) is 12.5 Å². The van der Waals surface area contributed by atoms with Crippen LogP contribution in [0.3, 0.4) is 0 Å². The monoisotopic (exact) mass is 335 g/mol. The standard InChI is InChI=1S/C14H25N3O4.ClH/c1-8(15)12(18)16-7-10-3-5-11(6-4-10)13(19)17-9(2)14(20)21;/h8-11H,3-7,15H2,1-2H3,(H,16,18)(H,17,19)(H,20,21);1H/t8-,9+,10?,11?;/m1./s1. The van der Waals surface area contributed by atoms with Crippen LogP contribution in [0.1, 0.15) is 39.5 Å². The highest BCUT2D eigenvalue weighted by molar-refractivity contribution is 5.84. The van der Waals surface area contributed by atoms with E-state index in [-0.39, 0.29) is 36.2 Å². The van der Waals surface area contributed by atoms with Crippen molar-refractivity contribution in [2.24, 2.45) is 11.8 Å². The Bertz CT molecular complexity index is 396. The van der Waals surface area contributed by atoms with Gasteiger partial charge >= 0.3 is 5.97 Å². The molecular formula is C14H26ClN3O4. The topological polar surface area (TPSA) is 123 Å². The highest BCUT2D eigenvalue weighted by Gasteiger charge is 2.28. The molecule has 128 valence electrons. The molecule has 0 bridgehead atoms. The summed E-state index contributed by atoms with van der Waals surface area (Å²) in [4.78, 5) is 34.1. The van der Waals surface area contributed by atoms with Crippen LogP contribution >= 0.6 is 0 Å². The van der Waals surface area contributed by atoms with Gasteiger partial charge in [-0.25, -0.2) is 0 Å². The van der Waals surface area contributed by atoms with Crippen molar-refractivity contribution in [2.75, 3.05) is 6.54 Å². The molecule has 0 radical (unpaired) electrons. The Labute approximate surface area is 136 Å². The molecule has 0 aromatic rings. The summed E-state index contributed by atoms with van der Waals surface area (Å²) in [6.07, 6.45) is 3.20. The van der Waals surface area contributed by atoms with Gasteiger partial charge in [0.2, 0.25) is 5.91 Å². The Kier molecular flexibility index (Phi) is 9.04. The van der Waals surface area contributed by atoms with Crippen molar-refractivity contribution >= 4 is 17.8 Å². The first-order chi connectivity index (χ1) is 9.81.